The molecule has 124 valence electrons. The maximum Gasteiger partial charge on any atom is 0.316 e. The molecule has 4 nitrogen and oxygen atoms in total. The van der Waals surface area contributed by atoms with Crippen molar-refractivity contribution in [2.45, 2.75) is 56.9 Å². The molecule has 0 aromatic carbocycles. The number of hydrogen-bond acceptors (Lipinski definition) is 6. The van der Waals surface area contributed by atoms with Gasteiger partial charge in [-0.15, -0.1) is 11.3 Å². The van der Waals surface area contributed by atoms with E-state index in [1.807, 2.05) is 0 Å². The summed E-state index contributed by atoms with van der Waals surface area (Å²) < 4.78 is 4.77. The van der Waals surface area contributed by atoms with Crippen molar-refractivity contribution in [2.24, 2.45) is 0 Å². The third-order valence-corrected chi connectivity index (χ3v) is 6.59. The van der Waals surface area contributed by atoms with Crippen LogP contribution in [0.4, 0.5) is 0 Å². The van der Waals surface area contributed by atoms with Crippen molar-refractivity contribution in [3.8, 4) is 0 Å². The van der Waals surface area contributed by atoms with Gasteiger partial charge in [-0.05, 0) is 32.3 Å². The first-order valence-electron chi connectivity index (χ1n) is 8.07. The van der Waals surface area contributed by atoms with Gasteiger partial charge in [0, 0.05) is 16.2 Å². The first-order valence-corrected chi connectivity index (χ1v) is 9.87. The van der Waals surface area contributed by atoms with Crippen molar-refractivity contribution >= 4 is 39.3 Å². The number of aromatic nitrogens is 2. The van der Waals surface area contributed by atoms with Crippen LogP contribution >= 0.6 is 23.1 Å². The van der Waals surface area contributed by atoms with E-state index in [-0.39, 0.29) is 5.97 Å². The van der Waals surface area contributed by atoms with Crippen LogP contribution in [-0.4, -0.2) is 28.8 Å². The van der Waals surface area contributed by atoms with E-state index in [2.05, 4.69) is 13.8 Å². The molecule has 0 unspecified atom stereocenters. The van der Waals surface area contributed by atoms with Crippen molar-refractivity contribution in [3.63, 3.8) is 0 Å². The zero-order valence-corrected chi connectivity index (χ0v) is 15.5. The van der Waals surface area contributed by atoms with Crippen LogP contribution in [-0.2, 0) is 9.53 Å². The lowest BCUT2D eigenvalue weighted by Crippen LogP contribution is -2.10. The molecule has 3 rings (SSSR count). The number of methoxy groups -OCH3 is 1. The van der Waals surface area contributed by atoms with Gasteiger partial charge in [-0.1, -0.05) is 31.0 Å². The van der Waals surface area contributed by atoms with Gasteiger partial charge in [-0.2, -0.15) is 0 Å². The topological polar surface area (TPSA) is 52.1 Å². The van der Waals surface area contributed by atoms with Gasteiger partial charge in [0.1, 0.15) is 15.7 Å². The molecule has 0 saturated heterocycles. The Morgan fingerprint density at radius 2 is 2.00 bits per heavy atom. The van der Waals surface area contributed by atoms with E-state index in [0.29, 0.717) is 11.7 Å². The number of carbonyl (C=O) groups excluding carboxylic acids is 1. The van der Waals surface area contributed by atoms with E-state index in [1.165, 1.54) is 61.4 Å². The number of aryl methyl sites for hydroxylation is 2. The van der Waals surface area contributed by atoms with Crippen LogP contribution in [0.25, 0.3) is 10.2 Å². The quantitative estimate of drug-likeness (QED) is 0.457. The fourth-order valence-corrected chi connectivity index (χ4v) is 5.09. The normalized spacial score (nSPS) is 16.0. The molecule has 0 amide bonds. The summed E-state index contributed by atoms with van der Waals surface area (Å²) in [6.07, 6.45) is 6.20. The van der Waals surface area contributed by atoms with Crippen molar-refractivity contribution < 1.29 is 9.53 Å². The first kappa shape index (κ1) is 16.7. The predicted molar refractivity (Wildman–Crippen MR) is 95.5 cm³/mol. The molecule has 1 aliphatic carbocycles. The van der Waals surface area contributed by atoms with E-state index in [4.69, 9.17) is 14.7 Å². The van der Waals surface area contributed by atoms with Crippen molar-refractivity contribution in [2.75, 3.05) is 12.9 Å². The van der Waals surface area contributed by atoms with Gasteiger partial charge in [0.05, 0.1) is 12.9 Å². The Labute approximate surface area is 145 Å². The number of ether oxygens (including phenoxy) is 1. The number of hydrogen-bond donors (Lipinski definition) is 0. The Balaban J connectivity index is 2.00. The summed E-state index contributed by atoms with van der Waals surface area (Å²) in [6, 6.07) is 0. The maximum atomic E-state index is 11.5. The number of carbonyl (C=O) groups is 1. The zero-order valence-electron chi connectivity index (χ0n) is 13.8. The predicted octanol–water partition coefficient (Wildman–Crippen LogP) is 4.62. The van der Waals surface area contributed by atoms with Crippen LogP contribution in [0.3, 0.4) is 0 Å². The number of esters is 1. The average molecular weight is 351 g/mol. The van der Waals surface area contributed by atoms with E-state index >= 15 is 0 Å². The number of thiophene rings is 1. The molecule has 23 heavy (non-hydrogen) atoms. The molecule has 2 aromatic heterocycles. The standard InChI is InChI=1S/C17H22N2O2S2/c1-10-11(2)23-17-14(10)16(22-9-13(20)21-3)18-15(19-17)12-7-5-4-6-8-12/h12H,4-9H2,1-3H3. The van der Waals surface area contributed by atoms with E-state index in [1.54, 1.807) is 11.3 Å². The second-order valence-electron chi connectivity index (χ2n) is 6.05. The molecule has 1 aliphatic rings. The second-order valence-corrected chi connectivity index (χ2v) is 8.22. The lowest BCUT2D eigenvalue weighted by molar-refractivity contribution is -0.137. The van der Waals surface area contributed by atoms with E-state index < -0.39 is 0 Å². The highest BCUT2D eigenvalue weighted by atomic mass is 32.2. The van der Waals surface area contributed by atoms with Gasteiger partial charge in [0.15, 0.2) is 0 Å². The number of thioether (sulfide) groups is 1. The molecule has 1 fully saturated rings. The highest BCUT2D eigenvalue weighted by Gasteiger charge is 2.22. The third-order valence-electron chi connectivity index (χ3n) is 4.54. The van der Waals surface area contributed by atoms with Gasteiger partial charge in [-0.3, -0.25) is 4.79 Å². The SMILES string of the molecule is COC(=O)CSc1nc(C2CCCCC2)nc2sc(C)c(C)c12. The fourth-order valence-electron chi connectivity index (χ4n) is 3.06. The third kappa shape index (κ3) is 3.53. The van der Waals surface area contributed by atoms with Crippen molar-refractivity contribution in [1.29, 1.82) is 0 Å². The summed E-state index contributed by atoms with van der Waals surface area (Å²) in [7, 11) is 1.42. The smallest absolute Gasteiger partial charge is 0.316 e. The zero-order chi connectivity index (χ0) is 16.4. The highest BCUT2D eigenvalue weighted by molar-refractivity contribution is 8.00. The van der Waals surface area contributed by atoms with Crippen molar-refractivity contribution in [1.82, 2.24) is 9.97 Å². The molecule has 0 aliphatic heterocycles. The number of fused-ring (bicyclic) bond motifs is 1. The Bertz CT molecular complexity index is 721. The molecule has 0 spiro atoms. The molecule has 0 bridgehead atoms. The summed E-state index contributed by atoms with van der Waals surface area (Å²) in [5.74, 6) is 1.51. The first-order chi connectivity index (χ1) is 11.1. The Morgan fingerprint density at radius 1 is 1.26 bits per heavy atom. The van der Waals surface area contributed by atoms with Gasteiger partial charge >= 0.3 is 5.97 Å². The molecule has 0 atom stereocenters. The lowest BCUT2D eigenvalue weighted by atomic mass is 9.89. The summed E-state index contributed by atoms with van der Waals surface area (Å²) in [5, 5.41) is 2.05. The van der Waals surface area contributed by atoms with Crippen LogP contribution in [0, 0.1) is 13.8 Å². The fraction of sp³-hybridized carbons (Fsp3) is 0.588. The van der Waals surface area contributed by atoms with Crippen LogP contribution in [0.2, 0.25) is 0 Å². The summed E-state index contributed by atoms with van der Waals surface area (Å²) >= 11 is 3.20. The molecular weight excluding hydrogens is 328 g/mol. The molecule has 2 heterocycles. The van der Waals surface area contributed by atoms with Crippen molar-refractivity contribution in [3.05, 3.63) is 16.3 Å². The van der Waals surface area contributed by atoms with Crippen LogP contribution < -0.4 is 0 Å². The summed E-state index contributed by atoms with van der Waals surface area (Å²) in [4.78, 5) is 23.6. The molecule has 6 heteroatoms. The Morgan fingerprint density at radius 3 is 2.70 bits per heavy atom. The molecular formula is C17H22N2O2S2. The largest absolute Gasteiger partial charge is 0.468 e. The highest BCUT2D eigenvalue weighted by Crippen LogP contribution is 2.38. The number of nitrogens with zero attached hydrogens (tertiary/aromatic N) is 2. The van der Waals surface area contributed by atoms with Gasteiger partial charge in [-0.25, -0.2) is 9.97 Å². The second kappa shape index (κ2) is 7.18. The molecule has 2 aromatic rings. The van der Waals surface area contributed by atoms with E-state index in [9.17, 15) is 4.79 Å². The van der Waals surface area contributed by atoms with Crippen LogP contribution in [0.1, 0.15) is 54.3 Å². The lowest BCUT2D eigenvalue weighted by Gasteiger charge is -2.20. The van der Waals surface area contributed by atoms with Crippen LogP contribution in [0.15, 0.2) is 5.03 Å². The Kier molecular flexibility index (Phi) is 5.21. The van der Waals surface area contributed by atoms with Gasteiger partial charge in [0.2, 0.25) is 0 Å². The summed E-state index contributed by atoms with van der Waals surface area (Å²) in [6.45, 7) is 4.23. The number of rotatable bonds is 4. The maximum absolute atomic E-state index is 11.5. The average Bonchev–Trinajstić information content (AvgIpc) is 2.87. The molecule has 0 N–H and O–H groups in total. The van der Waals surface area contributed by atoms with Gasteiger partial charge in [0.25, 0.3) is 0 Å². The molecule has 0 radical (unpaired) electrons. The summed E-state index contributed by atoms with van der Waals surface area (Å²) in [5.41, 5.74) is 1.23. The van der Waals surface area contributed by atoms with E-state index in [0.717, 1.165) is 21.1 Å². The Hall–Kier alpha value is -1.14. The monoisotopic (exact) mass is 350 g/mol. The minimum Gasteiger partial charge on any atom is -0.468 e. The minimum absolute atomic E-state index is 0.217. The minimum atomic E-state index is -0.217. The van der Waals surface area contributed by atoms with Gasteiger partial charge < -0.3 is 4.74 Å². The van der Waals surface area contributed by atoms with Crippen LogP contribution in [0.5, 0.6) is 0 Å². The molecule has 1 saturated carbocycles.